The quantitative estimate of drug-likeness (QED) is 0.334. The zero-order chi connectivity index (χ0) is 16.1. The zero-order valence-electron chi connectivity index (χ0n) is 11.7. The van der Waals surface area contributed by atoms with Crippen LogP contribution in [0.4, 0.5) is 11.6 Å². The van der Waals surface area contributed by atoms with Crippen molar-refractivity contribution in [2.75, 3.05) is 11.5 Å². The number of carbonyl (C=O) groups excluding carboxylic acids is 1. The Kier molecular flexibility index (Phi) is 4.38. The Morgan fingerprint density at radius 2 is 2.09 bits per heavy atom. The molecule has 1 aromatic carbocycles. The number of benzene rings is 1. The van der Waals surface area contributed by atoms with Gasteiger partial charge >= 0.3 is 0 Å². The number of hydrogen-bond donors (Lipinski definition) is 3. The fraction of sp³-hybridized carbons (Fsp3) is 0. The minimum absolute atomic E-state index is 0.0426. The van der Waals surface area contributed by atoms with Gasteiger partial charge in [-0.05, 0) is 24.3 Å². The number of allylic oxidation sites excluding steroid dienone is 1. The number of aliphatic imine (C=N–C) groups is 1. The lowest BCUT2D eigenvalue weighted by Gasteiger charge is -2.08. The summed E-state index contributed by atoms with van der Waals surface area (Å²) in [5, 5.41) is 6.97. The van der Waals surface area contributed by atoms with Gasteiger partial charge in [0.2, 0.25) is 11.7 Å². The normalized spacial score (nSPS) is 11.0. The SMILES string of the molecule is C=CC(=NC=N)C(=O)c1cc(-c2ccnc(N)n2)ccc1N. The number of anilines is 2. The van der Waals surface area contributed by atoms with Gasteiger partial charge in [0.1, 0.15) is 12.1 Å². The number of aromatic nitrogens is 2. The number of Topliss-reactive ketones (excluding diaryl/α,β-unsaturated/α-hetero) is 1. The summed E-state index contributed by atoms with van der Waals surface area (Å²) in [4.78, 5) is 24.0. The van der Waals surface area contributed by atoms with Crippen molar-refractivity contribution in [3.05, 3.63) is 48.7 Å². The maximum absolute atomic E-state index is 12.4. The second-order valence-electron chi connectivity index (χ2n) is 4.28. The topological polar surface area (TPSA) is 131 Å². The molecule has 7 nitrogen and oxygen atoms in total. The lowest BCUT2D eigenvalue weighted by atomic mass is 10.0. The highest BCUT2D eigenvalue weighted by Crippen LogP contribution is 2.23. The van der Waals surface area contributed by atoms with Crippen LogP contribution >= 0.6 is 0 Å². The Morgan fingerprint density at radius 1 is 1.32 bits per heavy atom. The van der Waals surface area contributed by atoms with Crippen molar-refractivity contribution in [2.45, 2.75) is 0 Å². The Labute approximate surface area is 126 Å². The van der Waals surface area contributed by atoms with Gasteiger partial charge in [-0.3, -0.25) is 10.2 Å². The van der Waals surface area contributed by atoms with E-state index in [9.17, 15) is 4.79 Å². The van der Waals surface area contributed by atoms with Gasteiger partial charge in [-0.2, -0.15) is 0 Å². The van der Waals surface area contributed by atoms with Crippen LogP contribution in [0.15, 0.2) is 48.1 Å². The van der Waals surface area contributed by atoms with E-state index in [0.717, 1.165) is 6.34 Å². The van der Waals surface area contributed by atoms with E-state index in [1.54, 1.807) is 24.3 Å². The predicted molar refractivity (Wildman–Crippen MR) is 87.0 cm³/mol. The first kappa shape index (κ1) is 15.0. The number of rotatable bonds is 5. The van der Waals surface area contributed by atoms with Crippen molar-refractivity contribution in [2.24, 2.45) is 4.99 Å². The van der Waals surface area contributed by atoms with Crippen LogP contribution in [0.2, 0.25) is 0 Å². The first-order valence-corrected chi connectivity index (χ1v) is 6.29. The van der Waals surface area contributed by atoms with Crippen molar-refractivity contribution in [3.63, 3.8) is 0 Å². The molecule has 0 radical (unpaired) electrons. The van der Waals surface area contributed by atoms with Crippen LogP contribution in [0.3, 0.4) is 0 Å². The minimum Gasteiger partial charge on any atom is -0.398 e. The molecule has 0 saturated heterocycles. The molecule has 0 fully saturated rings. The van der Waals surface area contributed by atoms with E-state index in [-0.39, 0.29) is 17.2 Å². The van der Waals surface area contributed by atoms with Crippen molar-refractivity contribution < 1.29 is 4.79 Å². The van der Waals surface area contributed by atoms with Gasteiger partial charge < -0.3 is 11.5 Å². The van der Waals surface area contributed by atoms with Gasteiger partial charge in [-0.15, -0.1) is 0 Å². The molecule has 1 aromatic heterocycles. The summed E-state index contributed by atoms with van der Waals surface area (Å²) in [7, 11) is 0. The van der Waals surface area contributed by atoms with Gasteiger partial charge in [-0.25, -0.2) is 15.0 Å². The largest absolute Gasteiger partial charge is 0.398 e. The molecule has 0 aliphatic heterocycles. The number of nitrogens with one attached hydrogen (secondary N) is 1. The molecule has 7 heteroatoms. The molecule has 5 N–H and O–H groups in total. The summed E-state index contributed by atoms with van der Waals surface area (Å²) < 4.78 is 0. The Morgan fingerprint density at radius 3 is 2.73 bits per heavy atom. The van der Waals surface area contributed by atoms with Crippen molar-refractivity contribution in [3.8, 4) is 11.3 Å². The highest BCUT2D eigenvalue weighted by molar-refractivity contribution is 6.51. The lowest BCUT2D eigenvalue weighted by Crippen LogP contribution is -2.14. The molecule has 1 heterocycles. The highest BCUT2D eigenvalue weighted by Gasteiger charge is 2.15. The molecule has 2 aromatic rings. The second kappa shape index (κ2) is 6.40. The van der Waals surface area contributed by atoms with Crippen LogP contribution in [-0.4, -0.2) is 27.8 Å². The van der Waals surface area contributed by atoms with Crippen molar-refractivity contribution >= 4 is 29.5 Å². The number of nitrogen functional groups attached to an aromatic ring is 2. The van der Waals surface area contributed by atoms with E-state index in [2.05, 4.69) is 21.5 Å². The standard InChI is InChI=1S/C15H14N6O/c1-2-12(20-8-16)14(22)10-7-9(3-4-11(10)17)13-5-6-19-15(18)21-13/h2-8,16H,1,17H2,(H2,18,19,21). The predicted octanol–water partition coefficient (Wildman–Crippen LogP) is 1.72. The van der Waals surface area contributed by atoms with E-state index < -0.39 is 5.78 Å². The maximum Gasteiger partial charge on any atom is 0.220 e. The van der Waals surface area contributed by atoms with Crippen molar-refractivity contribution in [1.82, 2.24) is 9.97 Å². The summed E-state index contributed by atoms with van der Waals surface area (Å²) in [6.45, 7) is 3.52. The van der Waals surface area contributed by atoms with Crippen LogP contribution in [0.5, 0.6) is 0 Å². The van der Waals surface area contributed by atoms with Crippen molar-refractivity contribution in [1.29, 1.82) is 5.41 Å². The monoisotopic (exact) mass is 294 g/mol. The Bertz CT molecular complexity index is 781. The van der Waals surface area contributed by atoms with E-state index in [1.807, 2.05) is 0 Å². The van der Waals surface area contributed by atoms with Crippen LogP contribution in [0, 0.1) is 5.41 Å². The maximum atomic E-state index is 12.4. The fourth-order valence-electron chi connectivity index (χ4n) is 1.86. The molecule has 110 valence electrons. The van der Waals surface area contributed by atoms with Gasteiger partial charge in [0, 0.05) is 23.0 Å². The molecular weight excluding hydrogens is 280 g/mol. The molecular formula is C15H14N6O. The van der Waals surface area contributed by atoms with Crippen LogP contribution in [0.25, 0.3) is 11.3 Å². The molecule has 0 amide bonds. The third-order valence-corrected chi connectivity index (χ3v) is 2.90. The summed E-state index contributed by atoms with van der Waals surface area (Å²) >= 11 is 0. The molecule has 0 spiro atoms. The molecule has 2 rings (SSSR count). The third-order valence-electron chi connectivity index (χ3n) is 2.90. The smallest absolute Gasteiger partial charge is 0.220 e. The zero-order valence-corrected chi connectivity index (χ0v) is 11.7. The van der Waals surface area contributed by atoms with E-state index in [1.165, 1.54) is 12.3 Å². The van der Waals surface area contributed by atoms with Crippen LogP contribution in [0.1, 0.15) is 10.4 Å². The van der Waals surface area contributed by atoms with Crippen LogP contribution in [-0.2, 0) is 0 Å². The average molecular weight is 294 g/mol. The highest BCUT2D eigenvalue weighted by atomic mass is 16.1. The number of hydrogen-bond acceptors (Lipinski definition) is 6. The molecule has 0 atom stereocenters. The van der Waals surface area contributed by atoms with E-state index >= 15 is 0 Å². The molecule has 22 heavy (non-hydrogen) atoms. The molecule has 0 bridgehead atoms. The number of nitrogens with two attached hydrogens (primary N) is 2. The number of ketones is 1. The molecule has 0 aliphatic rings. The van der Waals surface area contributed by atoms with Crippen LogP contribution < -0.4 is 11.5 Å². The Balaban J connectivity index is 2.52. The number of nitrogens with zero attached hydrogens (tertiary/aromatic N) is 3. The summed E-state index contributed by atoms with van der Waals surface area (Å²) in [5.41, 5.74) is 13.3. The third kappa shape index (κ3) is 3.04. The van der Waals surface area contributed by atoms with Gasteiger partial charge in [-0.1, -0.05) is 12.6 Å². The molecule has 0 unspecified atom stereocenters. The van der Waals surface area contributed by atoms with Gasteiger partial charge in [0.15, 0.2) is 0 Å². The average Bonchev–Trinajstić information content (AvgIpc) is 2.52. The van der Waals surface area contributed by atoms with E-state index in [4.69, 9.17) is 16.9 Å². The summed E-state index contributed by atoms with van der Waals surface area (Å²) in [5.74, 6) is -0.278. The summed E-state index contributed by atoms with van der Waals surface area (Å²) in [6, 6.07) is 6.61. The lowest BCUT2D eigenvalue weighted by molar-refractivity contribution is 0.106. The van der Waals surface area contributed by atoms with Gasteiger partial charge in [0.05, 0.1) is 5.69 Å². The number of carbonyl (C=O) groups is 1. The second-order valence-corrected chi connectivity index (χ2v) is 4.28. The molecule has 0 saturated carbocycles. The first-order valence-electron chi connectivity index (χ1n) is 6.29. The first-order chi connectivity index (χ1) is 10.6. The van der Waals surface area contributed by atoms with Gasteiger partial charge in [0.25, 0.3) is 0 Å². The molecule has 0 aliphatic carbocycles. The summed E-state index contributed by atoms with van der Waals surface area (Å²) in [6.07, 6.45) is 3.59. The Hall–Kier alpha value is -3.35. The fourth-order valence-corrected chi connectivity index (χ4v) is 1.86. The van der Waals surface area contributed by atoms with E-state index in [0.29, 0.717) is 16.9 Å². The minimum atomic E-state index is -0.417.